The SMILES string of the molecule is COc1ccc(/C=C/C(=O)C2CC2)cc1COc1ccc([N+](=O)[O-])cc1Cl. The second-order valence-corrected chi connectivity index (χ2v) is 6.65. The number of nitro benzene ring substituents is 1. The number of allylic oxidation sites excluding steroid dienone is 1. The summed E-state index contributed by atoms with van der Waals surface area (Å²) in [5.41, 5.74) is 1.53. The highest BCUT2D eigenvalue weighted by Crippen LogP contribution is 2.31. The fourth-order valence-electron chi connectivity index (χ4n) is 2.57. The topological polar surface area (TPSA) is 78.7 Å². The van der Waals surface area contributed by atoms with Crippen LogP contribution >= 0.6 is 11.6 Å². The monoisotopic (exact) mass is 387 g/mol. The molecule has 7 heteroatoms. The van der Waals surface area contributed by atoms with Crippen molar-refractivity contribution in [2.45, 2.75) is 19.4 Å². The van der Waals surface area contributed by atoms with E-state index in [1.807, 2.05) is 12.1 Å². The molecule has 0 saturated heterocycles. The van der Waals surface area contributed by atoms with Gasteiger partial charge in [-0.15, -0.1) is 0 Å². The van der Waals surface area contributed by atoms with Crippen LogP contribution in [0.2, 0.25) is 5.02 Å². The number of rotatable bonds is 8. The summed E-state index contributed by atoms with van der Waals surface area (Å²) in [6, 6.07) is 9.58. The van der Waals surface area contributed by atoms with Crippen molar-refractivity contribution in [1.82, 2.24) is 0 Å². The van der Waals surface area contributed by atoms with Gasteiger partial charge in [0.1, 0.15) is 18.1 Å². The lowest BCUT2D eigenvalue weighted by Gasteiger charge is -2.12. The van der Waals surface area contributed by atoms with Crippen LogP contribution in [0.5, 0.6) is 11.5 Å². The molecule has 27 heavy (non-hydrogen) atoms. The third-order valence-corrected chi connectivity index (χ3v) is 4.53. The van der Waals surface area contributed by atoms with E-state index in [1.54, 1.807) is 25.3 Å². The molecule has 0 heterocycles. The Morgan fingerprint density at radius 2 is 2.00 bits per heavy atom. The molecule has 3 rings (SSSR count). The Kier molecular flexibility index (Phi) is 5.76. The first-order valence-corrected chi connectivity index (χ1v) is 8.81. The van der Waals surface area contributed by atoms with Crippen LogP contribution in [-0.2, 0) is 11.4 Å². The average Bonchev–Trinajstić information content (AvgIpc) is 3.50. The van der Waals surface area contributed by atoms with Crippen LogP contribution in [-0.4, -0.2) is 17.8 Å². The maximum absolute atomic E-state index is 11.8. The molecule has 0 radical (unpaired) electrons. The van der Waals surface area contributed by atoms with Crippen molar-refractivity contribution in [3.8, 4) is 11.5 Å². The van der Waals surface area contributed by atoms with Gasteiger partial charge in [-0.2, -0.15) is 0 Å². The summed E-state index contributed by atoms with van der Waals surface area (Å²) in [6.07, 6.45) is 5.33. The number of nitrogens with zero attached hydrogens (tertiary/aromatic N) is 1. The number of hydrogen-bond donors (Lipinski definition) is 0. The summed E-state index contributed by atoms with van der Waals surface area (Å²) in [7, 11) is 1.56. The molecule has 6 nitrogen and oxygen atoms in total. The zero-order chi connectivity index (χ0) is 19.4. The average molecular weight is 388 g/mol. The molecule has 1 fully saturated rings. The molecule has 2 aromatic rings. The van der Waals surface area contributed by atoms with Crippen LogP contribution in [0.1, 0.15) is 24.0 Å². The van der Waals surface area contributed by atoms with Gasteiger partial charge in [0.2, 0.25) is 0 Å². The zero-order valence-electron chi connectivity index (χ0n) is 14.7. The number of benzene rings is 2. The zero-order valence-corrected chi connectivity index (χ0v) is 15.4. The summed E-state index contributed by atoms with van der Waals surface area (Å²) in [4.78, 5) is 22.1. The van der Waals surface area contributed by atoms with Crippen molar-refractivity contribution in [3.05, 3.63) is 68.7 Å². The maximum Gasteiger partial charge on any atom is 0.271 e. The van der Waals surface area contributed by atoms with Gasteiger partial charge in [0.25, 0.3) is 5.69 Å². The lowest BCUT2D eigenvalue weighted by molar-refractivity contribution is -0.384. The van der Waals surface area contributed by atoms with Crippen molar-refractivity contribution in [3.63, 3.8) is 0 Å². The van der Waals surface area contributed by atoms with Gasteiger partial charge in [0.15, 0.2) is 5.78 Å². The van der Waals surface area contributed by atoms with E-state index in [-0.39, 0.29) is 29.0 Å². The summed E-state index contributed by atoms with van der Waals surface area (Å²) >= 11 is 6.06. The summed E-state index contributed by atoms with van der Waals surface area (Å²) in [5.74, 6) is 1.32. The Morgan fingerprint density at radius 3 is 2.63 bits per heavy atom. The van der Waals surface area contributed by atoms with Crippen molar-refractivity contribution >= 4 is 29.1 Å². The van der Waals surface area contributed by atoms with Crippen LogP contribution in [0.4, 0.5) is 5.69 Å². The molecule has 0 amide bonds. The highest BCUT2D eigenvalue weighted by molar-refractivity contribution is 6.32. The largest absolute Gasteiger partial charge is 0.496 e. The molecular weight excluding hydrogens is 370 g/mol. The van der Waals surface area contributed by atoms with Crippen LogP contribution in [0.3, 0.4) is 0 Å². The Hall–Kier alpha value is -2.86. The minimum Gasteiger partial charge on any atom is -0.496 e. The fraction of sp³-hybridized carbons (Fsp3) is 0.250. The summed E-state index contributed by atoms with van der Waals surface area (Å²) in [6.45, 7) is 0.166. The molecule has 0 spiro atoms. The van der Waals surface area contributed by atoms with E-state index in [1.165, 1.54) is 18.2 Å². The first-order chi connectivity index (χ1) is 13.0. The Labute approximate surface area is 161 Å². The lowest BCUT2D eigenvalue weighted by Crippen LogP contribution is -2.00. The molecule has 0 unspecified atom stereocenters. The lowest BCUT2D eigenvalue weighted by atomic mass is 10.1. The van der Waals surface area contributed by atoms with E-state index in [9.17, 15) is 14.9 Å². The molecule has 1 saturated carbocycles. The van der Waals surface area contributed by atoms with E-state index in [0.717, 1.165) is 24.0 Å². The molecule has 2 aromatic carbocycles. The first-order valence-electron chi connectivity index (χ1n) is 8.43. The van der Waals surface area contributed by atoms with E-state index in [0.29, 0.717) is 11.5 Å². The number of carbonyl (C=O) groups is 1. The number of nitro groups is 1. The summed E-state index contributed by atoms with van der Waals surface area (Å²) < 4.78 is 11.1. The molecule has 1 aliphatic carbocycles. The van der Waals surface area contributed by atoms with Crippen molar-refractivity contribution in [2.75, 3.05) is 7.11 Å². The number of ether oxygens (including phenoxy) is 2. The van der Waals surface area contributed by atoms with Crippen molar-refractivity contribution in [2.24, 2.45) is 5.92 Å². The molecular formula is C20H18ClNO5. The standard InChI is InChI=1S/C20H18ClNO5/c1-26-19-8-3-13(2-7-18(23)14-4-5-14)10-15(19)12-27-20-9-6-16(22(24)25)11-17(20)21/h2-3,6-11,14H,4-5,12H2,1H3/b7-2+. The normalized spacial score (nSPS) is 13.6. The fourth-order valence-corrected chi connectivity index (χ4v) is 2.80. The number of carbonyl (C=O) groups excluding carboxylic acids is 1. The number of methoxy groups -OCH3 is 1. The molecule has 0 bridgehead atoms. The third kappa shape index (κ3) is 4.86. The Balaban J connectivity index is 1.74. The van der Waals surface area contributed by atoms with Crippen molar-refractivity contribution < 1.29 is 19.2 Å². The maximum atomic E-state index is 11.8. The predicted octanol–water partition coefficient (Wildman–Crippen LogP) is 4.83. The van der Waals surface area contributed by atoms with E-state index < -0.39 is 4.92 Å². The van der Waals surface area contributed by atoms with Gasteiger partial charge >= 0.3 is 0 Å². The molecule has 0 atom stereocenters. The van der Waals surface area contributed by atoms with Gasteiger partial charge in [0, 0.05) is 23.6 Å². The molecule has 0 aliphatic heterocycles. The number of non-ortho nitro benzene ring substituents is 1. The van der Waals surface area contributed by atoms with Gasteiger partial charge in [0.05, 0.1) is 17.1 Å². The number of halogens is 1. The van der Waals surface area contributed by atoms with E-state index in [2.05, 4.69) is 0 Å². The van der Waals surface area contributed by atoms with E-state index in [4.69, 9.17) is 21.1 Å². The van der Waals surface area contributed by atoms with Gasteiger partial charge in [-0.25, -0.2) is 0 Å². The second kappa shape index (κ2) is 8.22. The Morgan fingerprint density at radius 1 is 1.26 bits per heavy atom. The van der Waals surface area contributed by atoms with Gasteiger partial charge in [-0.3, -0.25) is 14.9 Å². The predicted molar refractivity (Wildman–Crippen MR) is 102 cm³/mol. The van der Waals surface area contributed by atoms with Crippen LogP contribution in [0, 0.1) is 16.0 Å². The van der Waals surface area contributed by atoms with Crippen molar-refractivity contribution in [1.29, 1.82) is 0 Å². The second-order valence-electron chi connectivity index (χ2n) is 6.24. The van der Waals surface area contributed by atoms with Gasteiger partial charge < -0.3 is 9.47 Å². The summed E-state index contributed by atoms with van der Waals surface area (Å²) in [5, 5.41) is 10.9. The van der Waals surface area contributed by atoms with Crippen LogP contribution in [0.25, 0.3) is 6.08 Å². The van der Waals surface area contributed by atoms with Crippen LogP contribution in [0.15, 0.2) is 42.5 Å². The van der Waals surface area contributed by atoms with Gasteiger partial charge in [-0.1, -0.05) is 23.7 Å². The molecule has 140 valence electrons. The molecule has 1 aliphatic rings. The van der Waals surface area contributed by atoms with E-state index >= 15 is 0 Å². The minimum absolute atomic E-state index is 0.0996. The van der Waals surface area contributed by atoms with Crippen LogP contribution < -0.4 is 9.47 Å². The first kappa shape index (κ1) is 18.9. The third-order valence-electron chi connectivity index (χ3n) is 4.23. The highest BCUT2D eigenvalue weighted by atomic mass is 35.5. The number of hydrogen-bond acceptors (Lipinski definition) is 5. The molecule has 0 aromatic heterocycles. The minimum atomic E-state index is -0.516. The smallest absolute Gasteiger partial charge is 0.271 e. The van der Waals surface area contributed by atoms with Gasteiger partial charge in [-0.05, 0) is 42.7 Å². The molecule has 0 N–H and O–H groups in total. The quantitative estimate of drug-likeness (QED) is 0.368. The highest BCUT2D eigenvalue weighted by Gasteiger charge is 2.27. The Bertz CT molecular complexity index is 905. The number of ketones is 1.